The van der Waals surface area contributed by atoms with Crippen LogP contribution in [0.5, 0.6) is 0 Å². The molecule has 3 aromatic rings. The van der Waals surface area contributed by atoms with Crippen molar-refractivity contribution in [1.29, 1.82) is 0 Å². The molecule has 1 aromatic carbocycles. The van der Waals surface area contributed by atoms with Crippen LogP contribution in [0.15, 0.2) is 36.8 Å². The molecule has 1 amide bonds. The summed E-state index contributed by atoms with van der Waals surface area (Å²) < 4.78 is 14.8. The van der Waals surface area contributed by atoms with Gasteiger partial charge in [0.15, 0.2) is 5.65 Å². The number of carbonyl (C=O) groups excluding carboxylic acids is 1. The Morgan fingerprint density at radius 1 is 1.14 bits per heavy atom. The van der Waals surface area contributed by atoms with Crippen molar-refractivity contribution in [2.45, 2.75) is 45.2 Å². The fourth-order valence-electron chi connectivity index (χ4n) is 3.78. The van der Waals surface area contributed by atoms with Crippen LogP contribution in [0.4, 0.5) is 10.2 Å². The summed E-state index contributed by atoms with van der Waals surface area (Å²) in [6.07, 6.45) is 8.73. The van der Waals surface area contributed by atoms with Gasteiger partial charge in [-0.15, -0.1) is 0 Å². The zero-order valence-corrected chi connectivity index (χ0v) is 16.3. The summed E-state index contributed by atoms with van der Waals surface area (Å²) in [5.74, 6) is 0.729. The van der Waals surface area contributed by atoms with Gasteiger partial charge in [-0.25, -0.2) is 19.0 Å². The average Bonchev–Trinajstić information content (AvgIpc) is 3.17. The molecule has 0 aliphatic heterocycles. The van der Waals surface area contributed by atoms with Crippen LogP contribution in [0.1, 0.15) is 37.7 Å². The first kappa shape index (κ1) is 19.3. The van der Waals surface area contributed by atoms with E-state index in [0.717, 1.165) is 36.6 Å². The van der Waals surface area contributed by atoms with E-state index in [4.69, 9.17) is 0 Å². The van der Waals surface area contributed by atoms with E-state index in [0.29, 0.717) is 31.1 Å². The minimum Gasteiger partial charge on any atom is -0.365 e. The number of halogens is 1. The molecule has 7 nitrogen and oxygen atoms in total. The van der Waals surface area contributed by atoms with Gasteiger partial charge < -0.3 is 10.6 Å². The lowest BCUT2D eigenvalue weighted by molar-refractivity contribution is -0.125. The highest BCUT2D eigenvalue weighted by atomic mass is 19.1. The zero-order chi connectivity index (χ0) is 20.1. The molecule has 2 heterocycles. The van der Waals surface area contributed by atoms with E-state index in [1.165, 1.54) is 24.9 Å². The van der Waals surface area contributed by atoms with Crippen LogP contribution in [-0.2, 0) is 17.9 Å². The minimum absolute atomic E-state index is 0.150. The van der Waals surface area contributed by atoms with Crippen LogP contribution in [-0.4, -0.2) is 32.2 Å². The van der Waals surface area contributed by atoms with Crippen molar-refractivity contribution in [3.8, 4) is 0 Å². The molecule has 0 atom stereocenters. The van der Waals surface area contributed by atoms with E-state index >= 15 is 0 Å². The van der Waals surface area contributed by atoms with E-state index in [1.807, 2.05) is 0 Å². The highest BCUT2D eigenvalue weighted by molar-refractivity contribution is 5.86. The first-order valence-corrected chi connectivity index (χ1v) is 10.1. The fraction of sp³-hybridized carbons (Fsp3) is 0.429. The lowest BCUT2D eigenvalue weighted by Crippen LogP contribution is -2.34. The van der Waals surface area contributed by atoms with E-state index < -0.39 is 0 Å². The summed E-state index contributed by atoms with van der Waals surface area (Å²) in [5.41, 5.74) is 1.67. The zero-order valence-electron chi connectivity index (χ0n) is 16.3. The van der Waals surface area contributed by atoms with E-state index in [9.17, 15) is 9.18 Å². The predicted molar refractivity (Wildman–Crippen MR) is 109 cm³/mol. The number of aromatic nitrogens is 4. The van der Waals surface area contributed by atoms with Crippen LogP contribution < -0.4 is 10.6 Å². The standard InChI is InChI=1S/C21H25FN6O/c22-17-8-6-15(7-9-17)12-24-19-18-13-27-28(20(18)26-14-25-19)11-10-23-21(29)16-4-2-1-3-5-16/h6-9,13-14,16H,1-5,10-12H2,(H,23,29)(H,24,25,26). The summed E-state index contributed by atoms with van der Waals surface area (Å²) in [6, 6.07) is 6.34. The van der Waals surface area contributed by atoms with Crippen molar-refractivity contribution in [2.75, 3.05) is 11.9 Å². The van der Waals surface area contributed by atoms with Gasteiger partial charge in [0, 0.05) is 19.0 Å². The third-order valence-corrected chi connectivity index (χ3v) is 5.41. The van der Waals surface area contributed by atoms with Gasteiger partial charge in [0.25, 0.3) is 0 Å². The highest BCUT2D eigenvalue weighted by Crippen LogP contribution is 2.23. The smallest absolute Gasteiger partial charge is 0.223 e. The average molecular weight is 396 g/mol. The lowest BCUT2D eigenvalue weighted by Gasteiger charge is -2.20. The van der Waals surface area contributed by atoms with Gasteiger partial charge in [0.1, 0.15) is 18.0 Å². The SMILES string of the molecule is O=C(NCCn1ncc2c(NCc3ccc(F)cc3)ncnc21)C1CCCCC1. The first-order chi connectivity index (χ1) is 14.2. The van der Waals surface area contributed by atoms with Crippen molar-refractivity contribution in [3.05, 3.63) is 48.2 Å². The molecule has 1 saturated carbocycles. The Labute approximate surface area is 168 Å². The predicted octanol–water partition coefficient (Wildman–Crippen LogP) is 3.27. The number of hydrogen-bond acceptors (Lipinski definition) is 5. The normalized spacial score (nSPS) is 14.8. The Bertz CT molecular complexity index is 965. The number of rotatable bonds is 7. The Kier molecular flexibility index (Phi) is 5.97. The molecule has 29 heavy (non-hydrogen) atoms. The largest absolute Gasteiger partial charge is 0.365 e. The van der Waals surface area contributed by atoms with Crippen LogP contribution in [0, 0.1) is 11.7 Å². The quantitative estimate of drug-likeness (QED) is 0.640. The Balaban J connectivity index is 1.36. The van der Waals surface area contributed by atoms with Gasteiger partial charge in [-0.05, 0) is 30.5 Å². The van der Waals surface area contributed by atoms with Crippen LogP contribution in [0.25, 0.3) is 11.0 Å². The number of fused-ring (bicyclic) bond motifs is 1. The maximum absolute atomic E-state index is 13.0. The van der Waals surface area contributed by atoms with Gasteiger partial charge in [0.05, 0.1) is 18.1 Å². The second-order valence-electron chi connectivity index (χ2n) is 7.43. The molecule has 1 fully saturated rings. The molecule has 152 valence electrons. The second kappa shape index (κ2) is 8.98. The third kappa shape index (κ3) is 4.70. The molecule has 1 aliphatic rings. The van der Waals surface area contributed by atoms with Crippen LogP contribution >= 0.6 is 0 Å². The topological polar surface area (TPSA) is 84.7 Å². The molecule has 0 saturated heterocycles. The summed E-state index contributed by atoms with van der Waals surface area (Å²) in [6.45, 7) is 1.60. The number of carbonyl (C=O) groups is 1. The van der Waals surface area contributed by atoms with Gasteiger partial charge in [-0.2, -0.15) is 5.10 Å². The number of amides is 1. The Morgan fingerprint density at radius 2 is 1.93 bits per heavy atom. The molecule has 2 N–H and O–H groups in total. The van der Waals surface area contributed by atoms with Gasteiger partial charge in [-0.3, -0.25) is 4.79 Å². The molecule has 0 bridgehead atoms. The number of hydrogen-bond donors (Lipinski definition) is 2. The maximum atomic E-state index is 13.0. The van der Waals surface area contributed by atoms with Gasteiger partial charge in [0.2, 0.25) is 5.91 Å². The fourth-order valence-corrected chi connectivity index (χ4v) is 3.78. The summed E-state index contributed by atoms with van der Waals surface area (Å²) >= 11 is 0. The molecule has 2 aromatic heterocycles. The van der Waals surface area contributed by atoms with Crippen LogP contribution in [0.2, 0.25) is 0 Å². The molecular formula is C21H25FN6O. The summed E-state index contributed by atoms with van der Waals surface area (Å²) in [4.78, 5) is 20.9. The molecule has 0 spiro atoms. The van der Waals surface area contributed by atoms with E-state index in [1.54, 1.807) is 23.0 Å². The molecule has 0 radical (unpaired) electrons. The number of nitrogens with one attached hydrogen (secondary N) is 2. The number of anilines is 1. The Morgan fingerprint density at radius 3 is 2.72 bits per heavy atom. The first-order valence-electron chi connectivity index (χ1n) is 10.1. The monoisotopic (exact) mass is 396 g/mol. The van der Waals surface area contributed by atoms with E-state index in [-0.39, 0.29) is 17.6 Å². The molecule has 0 unspecified atom stereocenters. The second-order valence-corrected chi connectivity index (χ2v) is 7.43. The van der Waals surface area contributed by atoms with Gasteiger partial charge >= 0.3 is 0 Å². The van der Waals surface area contributed by atoms with Crippen molar-refractivity contribution < 1.29 is 9.18 Å². The van der Waals surface area contributed by atoms with Crippen molar-refractivity contribution in [1.82, 2.24) is 25.1 Å². The van der Waals surface area contributed by atoms with Crippen molar-refractivity contribution >= 4 is 22.8 Å². The summed E-state index contributed by atoms with van der Waals surface area (Å²) in [7, 11) is 0. The number of benzene rings is 1. The van der Waals surface area contributed by atoms with E-state index in [2.05, 4.69) is 25.7 Å². The molecule has 1 aliphatic carbocycles. The maximum Gasteiger partial charge on any atom is 0.223 e. The minimum atomic E-state index is -0.255. The van der Waals surface area contributed by atoms with Crippen molar-refractivity contribution in [2.24, 2.45) is 5.92 Å². The van der Waals surface area contributed by atoms with Gasteiger partial charge in [-0.1, -0.05) is 31.4 Å². The highest BCUT2D eigenvalue weighted by Gasteiger charge is 2.20. The summed E-state index contributed by atoms with van der Waals surface area (Å²) in [5, 5.41) is 11.5. The molecular weight excluding hydrogens is 371 g/mol. The Hall–Kier alpha value is -3.03. The van der Waals surface area contributed by atoms with Crippen molar-refractivity contribution in [3.63, 3.8) is 0 Å². The van der Waals surface area contributed by atoms with Crippen LogP contribution in [0.3, 0.4) is 0 Å². The molecule has 4 rings (SSSR count). The lowest BCUT2D eigenvalue weighted by atomic mass is 9.89. The third-order valence-electron chi connectivity index (χ3n) is 5.41. The number of nitrogens with zero attached hydrogens (tertiary/aromatic N) is 4. The molecule has 8 heteroatoms.